The zero-order valence-corrected chi connectivity index (χ0v) is 54.5. The molecule has 0 saturated carbocycles. The molecule has 24 heteroatoms. The Hall–Kier alpha value is -4.71. The van der Waals surface area contributed by atoms with Crippen LogP contribution < -0.4 is 4.74 Å². The second kappa shape index (κ2) is 58.8. The third kappa shape index (κ3) is 47.2. The van der Waals surface area contributed by atoms with Crippen LogP contribution in [0.5, 0.6) is 5.75 Å². The lowest BCUT2D eigenvalue weighted by atomic mass is 9.96. The molecule has 0 spiro atoms. The van der Waals surface area contributed by atoms with Crippen LogP contribution in [0.25, 0.3) is 36.5 Å². The Morgan fingerprint density at radius 3 is 0.707 bits per heavy atom. The molecule has 0 fully saturated rings. The maximum Gasteiger partial charge on any atom is 0.469 e. The van der Waals surface area contributed by atoms with E-state index in [9.17, 15) is 4.57 Å². The minimum absolute atomic E-state index is 0.0686. The average molecular weight is 1320 g/mol. The maximum atomic E-state index is 10.5. The van der Waals surface area contributed by atoms with Gasteiger partial charge in [0.05, 0.1) is 244 Å². The topological polar surface area (TPSA) is 242 Å². The van der Waals surface area contributed by atoms with E-state index in [4.69, 9.17) is 99.8 Å². The van der Waals surface area contributed by atoms with Gasteiger partial charge in [0, 0.05) is 5.56 Å². The number of benzene rings is 4. The lowest BCUT2D eigenvalue weighted by Gasteiger charge is -2.15. The van der Waals surface area contributed by atoms with Gasteiger partial charge in [-0.25, -0.2) is 4.57 Å². The summed E-state index contributed by atoms with van der Waals surface area (Å²) in [5.74, 6) is 0.776. The van der Waals surface area contributed by atoms with E-state index in [1.54, 1.807) is 0 Å². The zero-order chi connectivity index (χ0) is 64.8. The number of phosphoric ester groups is 1. The van der Waals surface area contributed by atoms with E-state index in [0.717, 1.165) is 39.1 Å². The summed E-state index contributed by atoms with van der Waals surface area (Å²) in [6, 6.07) is 35.0. The van der Waals surface area contributed by atoms with Gasteiger partial charge in [-0.1, -0.05) is 134 Å². The normalized spacial score (nSPS) is 12.0. The van der Waals surface area contributed by atoms with Crippen LogP contribution in [-0.4, -0.2) is 261 Å². The summed E-state index contributed by atoms with van der Waals surface area (Å²) in [6.45, 7) is 16.1. The molecule has 2 N–H and O–H groups in total. The highest BCUT2D eigenvalue weighted by molar-refractivity contribution is 7.46. The molecule has 516 valence electrons. The van der Waals surface area contributed by atoms with E-state index in [0.29, 0.717) is 231 Å². The van der Waals surface area contributed by atoms with E-state index in [-0.39, 0.29) is 19.8 Å². The van der Waals surface area contributed by atoms with Crippen LogP contribution in [0.3, 0.4) is 0 Å². The predicted octanol–water partition coefficient (Wildman–Crippen LogP) is 7.98. The van der Waals surface area contributed by atoms with Gasteiger partial charge in [-0.3, -0.25) is 4.52 Å². The minimum Gasteiger partial charge on any atom is -0.491 e. The highest BCUT2D eigenvalue weighted by atomic mass is 31.2. The van der Waals surface area contributed by atoms with Crippen molar-refractivity contribution in [2.45, 2.75) is 0 Å². The Bertz CT molecular complexity index is 2420. The van der Waals surface area contributed by atoms with Gasteiger partial charge in [0.25, 0.3) is 0 Å². The van der Waals surface area contributed by atoms with Crippen LogP contribution in [0.1, 0.15) is 33.4 Å². The standard InChI is InChI=1S/C68H101O23P/c69-92(70,71)91-61-59-89-57-55-87-53-51-85-49-47-83-45-43-81-41-39-79-37-35-77-33-31-75-29-27-73-25-24-72-26-28-74-30-32-76-34-36-78-38-40-80-42-44-82-46-48-84-50-52-86-54-56-88-58-60-90-68-23-20-65(19-16-62-10-4-1-5-11-62)66(21-17-63-12-6-2-7-13-63)67(68)22-18-64-14-8-3-9-15-64/h1-23H,24-61H2,(H2,69,70,71). The van der Waals surface area contributed by atoms with E-state index in [2.05, 4.69) is 83.4 Å². The summed E-state index contributed by atoms with van der Waals surface area (Å²) in [4.78, 5) is 17.1. The molecule has 4 aromatic carbocycles. The molecule has 4 rings (SSSR count). The molecule has 4 aromatic rings. The van der Waals surface area contributed by atoms with Crippen molar-refractivity contribution < 1.29 is 109 Å². The van der Waals surface area contributed by atoms with Crippen molar-refractivity contribution >= 4 is 44.3 Å². The van der Waals surface area contributed by atoms with Gasteiger partial charge in [0.2, 0.25) is 0 Å². The molecule has 23 nitrogen and oxygen atoms in total. The molecule has 92 heavy (non-hydrogen) atoms. The molecule has 0 radical (unpaired) electrons. The molecule has 0 heterocycles. The summed E-state index contributed by atoms with van der Waals surface area (Å²) in [5, 5.41) is 0. The van der Waals surface area contributed by atoms with Crippen molar-refractivity contribution in [1.29, 1.82) is 0 Å². The highest BCUT2D eigenvalue weighted by Gasteiger charge is 2.13. The summed E-state index contributed by atoms with van der Waals surface area (Å²) < 4.78 is 121. The third-order valence-corrected chi connectivity index (χ3v) is 12.8. The second-order valence-electron chi connectivity index (χ2n) is 19.4. The molecular formula is C68H101O23P. The quantitative estimate of drug-likeness (QED) is 0.0242. The Labute approximate surface area is 544 Å². The Morgan fingerprint density at radius 1 is 0.239 bits per heavy atom. The smallest absolute Gasteiger partial charge is 0.469 e. The molecule has 0 aromatic heterocycles. The van der Waals surface area contributed by atoms with Crippen molar-refractivity contribution in [3.63, 3.8) is 0 Å². The van der Waals surface area contributed by atoms with Crippen LogP contribution in [0, 0.1) is 0 Å². The molecule has 0 unspecified atom stereocenters. The largest absolute Gasteiger partial charge is 0.491 e. The fraction of sp³-hybridized carbons (Fsp3) is 0.559. The zero-order valence-electron chi connectivity index (χ0n) is 53.6. The number of hydrogen-bond donors (Lipinski definition) is 2. The Morgan fingerprint density at radius 2 is 0.457 bits per heavy atom. The predicted molar refractivity (Wildman–Crippen MR) is 351 cm³/mol. The lowest BCUT2D eigenvalue weighted by Crippen LogP contribution is -2.16. The monoisotopic (exact) mass is 1320 g/mol. The number of phosphoric acid groups is 1. The van der Waals surface area contributed by atoms with Crippen LogP contribution in [0.4, 0.5) is 0 Å². The third-order valence-electron chi connectivity index (χ3n) is 12.3. The van der Waals surface area contributed by atoms with Crippen molar-refractivity contribution in [3.8, 4) is 5.75 Å². The first-order valence-electron chi connectivity index (χ1n) is 31.6. The summed E-state index contributed by atoms with van der Waals surface area (Å²) in [5.41, 5.74) is 6.46. The van der Waals surface area contributed by atoms with Crippen molar-refractivity contribution in [1.82, 2.24) is 0 Å². The van der Waals surface area contributed by atoms with Gasteiger partial charge >= 0.3 is 7.82 Å². The lowest BCUT2D eigenvalue weighted by molar-refractivity contribution is -0.0311. The highest BCUT2D eigenvalue weighted by Crippen LogP contribution is 2.35. The minimum atomic E-state index is -4.45. The Kier molecular flexibility index (Phi) is 51.0. The van der Waals surface area contributed by atoms with Crippen molar-refractivity contribution in [2.24, 2.45) is 0 Å². The molecule has 0 amide bonds. The van der Waals surface area contributed by atoms with Gasteiger partial charge in [0.1, 0.15) is 12.4 Å². The van der Waals surface area contributed by atoms with E-state index < -0.39 is 7.82 Å². The molecule has 0 aliphatic heterocycles. The van der Waals surface area contributed by atoms with E-state index in [1.165, 1.54) is 0 Å². The Balaban J connectivity index is 0.811. The molecule has 0 atom stereocenters. The molecular weight excluding hydrogens is 1220 g/mol. The summed E-state index contributed by atoms with van der Waals surface area (Å²) >= 11 is 0. The molecule has 0 saturated heterocycles. The first-order valence-corrected chi connectivity index (χ1v) is 33.1. The average Bonchev–Trinajstić information content (AvgIpc) is 0.980. The first-order chi connectivity index (χ1) is 45.5. The first kappa shape index (κ1) is 79.7. The van der Waals surface area contributed by atoms with Gasteiger partial charge < -0.3 is 99.8 Å². The maximum absolute atomic E-state index is 10.5. The van der Waals surface area contributed by atoms with Gasteiger partial charge in [-0.15, -0.1) is 0 Å². The molecule has 0 bridgehead atoms. The number of hydrogen-bond acceptors (Lipinski definition) is 21. The SMILES string of the molecule is O=P(O)(O)OCCOCCOCCOCCOCCOCCOCCOCCOCCOCCOCCOCCOCCOCCOCCOCCOCCOCCOCCOc1ccc(C=Cc2ccccc2)c(C=Cc2ccccc2)c1C=Cc1ccccc1. The van der Waals surface area contributed by atoms with Gasteiger partial charge in [-0.05, 0) is 33.9 Å². The van der Waals surface area contributed by atoms with Gasteiger partial charge in [-0.2, -0.15) is 0 Å². The number of ether oxygens (including phenoxy) is 19. The van der Waals surface area contributed by atoms with Gasteiger partial charge in [0.15, 0.2) is 0 Å². The molecule has 0 aliphatic rings. The molecule has 0 aliphatic carbocycles. The van der Waals surface area contributed by atoms with Crippen LogP contribution >= 0.6 is 7.82 Å². The van der Waals surface area contributed by atoms with Crippen LogP contribution in [-0.2, 0) is 94.4 Å². The second-order valence-corrected chi connectivity index (χ2v) is 20.6. The van der Waals surface area contributed by atoms with E-state index >= 15 is 0 Å². The van der Waals surface area contributed by atoms with Crippen LogP contribution in [0.2, 0.25) is 0 Å². The fourth-order valence-electron chi connectivity index (χ4n) is 7.77. The van der Waals surface area contributed by atoms with Crippen molar-refractivity contribution in [3.05, 3.63) is 137 Å². The number of rotatable bonds is 65. The fourth-order valence-corrected chi connectivity index (χ4v) is 8.08. The van der Waals surface area contributed by atoms with Crippen LogP contribution in [0.15, 0.2) is 103 Å². The summed E-state index contributed by atoms with van der Waals surface area (Å²) in [7, 11) is -4.45. The van der Waals surface area contributed by atoms with E-state index in [1.807, 2.05) is 60.7 Å². The van der Waals surface area contributed by atoms with Crippen molar-refractivity contribution in [2.75, 3.05) is 251 Å². The summed E-state index contributed by atoms with van der Waals surface area (Å²) in [6.07, 6.45) is 12.8.